The van der Waals surface area contributed by atoms with E-state index in [0.29, 0.717) is 41.4 Å². The van der Waals surface area contributed by atoms with Gasteiger partial charge in [-0.3, -0.25) is 0 Å². The van der Waals surface area contributed by atoms with E-state index in [9.17, 15) is 4.39 Å². The van der Waals surface area contributed by atoms with Crippen molar-refractivity contribution in [3.05, 3.63) is 83.2 Å². The van der Waals surface area contributed by atoms with Gasteiger partial charge in [-0.1, -0.05) is 127 Å². The molecular weight excluding hydrogens is 529 g/mol. The lowest BCUT2D eigenvalue weighted by molar-refractivity contribution is -0.00211. The van der Waals surface area contributed by atoms with Crippen molar-refractivity contribution in [1.82, 2.24) is 0 Å². The number of rotatable bonds is 16. The van der Waals surface area contributed by atoms with Crippen LogP contribution in [-0.2, 0) is 11.2 Å². The Kier molecular flexibility index (Phi) is 13.0. The molecule has 3 aromatic carbocycles. The Bertz CT molecular complexity index is 1230. The quantitative estimate of drug-likeness (QED) is 0.154. The van der Waals surface area contributed by atoms with Crippen LogP contribution in [0.25, 0.3) is 22.3 Å². The van der Waals surface area contributed by atoms with Crippen molar-refractivity contribution < 1.29 is 17.9 Å². The van der Waals surface area contributed by atoms with E-state index < -0.39 is 11.6 Å². The smallest absolute Gasteiger partial charge is 0.166 e. The molecule has 3 aromatic rings. The number of benzene rings is 3. The van der Waals surface area contributed by atoms with Gasteiger partial charge in [-0.2, -0.15) is 0 Å². The minimum Gasteiger partial charge on any atom is -0.378 e. The van der Waals surface area contributed by atoms with Crippen LogP contribution >= 0.6 is 0 Å². The van der Waals surface area contributed by atoms with Crippen LogP contribution in [0.15, 0.2) is 54.6 Å². The maximum atomic E-state index is 15.2. The Morgan fingerprint density at radius 3 is 1.90 bits per heavy atom. The summed E-state index contributed by atoms with van der Waals surface area (Å²) in [5.41, 5.74) is 3.46. The maximum Gasteiger partial charge on any atom is 0.166 e. The second kappa shape index (κ2) is 16.9. The summed E-state index contributed by atoms with van der Waals surface area (Å²) in [7, 11) is 0. The van der Waals surface area contributed by atoms with Crippen LogP contribution in [0.2, 0.25) is 0 Å². The van der Waals surface area contributed by atoms with Gasteiger partial charge < -0.3 is 4.74 Å². The summed E-state index contributed by atoms with van der Waals surface area (Å²) in [4.78, 5) is 0. The van der Waals surface area contributed by atoms with E-state index in [-0.39, 0.29) is 17.3 Å². The second-order valence-electron chi connectivity index (χ2n) is 12.2. The molecule has 0 N–H and O–H groups in total. The molecule has 2 unspecified atom stereocenters. The third-order valence-corrected chi connectivity index (χ3v) is 8.93. The van der Waals surface area contributed by atoms with E-state index in [2.05, 4.69) is 13.8 Å². The van der Waals surface area contributed by atoms with Gasteiger partial charge in [0.1, 0.15) is 5.82 Å². The lowest BCUT2D eigenvalue weighted by atomic mass is 9.89. The predicted molar refractivity (Wildman–Crippen MR) is 169 cm³/mol. The molecule has 42 heavy (non-hydrogen) atoms. The number of hydrogen-bond acceptors (Lipinski definition) is 1. The highest BCUT2D eigenvalue weighted by Crippen LogP contribution is 2.34. The fourth-order valence-corrected chi connectivity index (χ4v) is 6.22. The van der Waals surface area contributed by atoms with Gasteiger partial charge in [0.15, 0.2) is 11.6 Å². The molecule has 2 atom stereocenters. The lowest BCUT2D eigenvalue weighted by Gasteiger charge is -2.29. The molecule has 1 saturated heterocycles. The zero-order valence-electron chi connectivity index (χ0n) is 25.7. The standard InChI is InChI=1S/C38H49F3O/c1-3-5-7-8-9-10-11-13-14-30-21-25-35(38(41)37(30)40)29-18-16-28(17-19-29)34-24-22-31(26-36(34)39)32-20-23-33(42-27-32)15-12-6-4-2/h16-19,21-22,24-26,32-33H,3-15,20,23,27H2,1-2H3. The Labute approximate surface area is 251 Å². The number of unbranched alkanes of at least 4 members (excludes halogenated alkanes) is 9. The summed E-state index contributed by atoms with van der Waals surface area (Å²) in [6, 6.07) is 15.9. The molecule has 1 aliphatic heterocycles. The van der Waals surface area contributed by atoms with Crippen LogP contribution in [0, 0.1) is 17.5 Å². The van der Waals surface area contributed by atoms with E-state index in [1.165, 1.54) is 51.4 Å². The first kappa shape index (κ1) is 32.3. The number of hydrogen-bond donors (Lipinski definition) is 0. The van der Waals surface area contributed by atoms with Crippen LogP contribution in [0.1, 0.15) is 121 Å². The van der Waals surface area contributed by atoms with Gasteiger partial charge >= 0.3 is 0 Å². The third kappa shape index (κ3) is 8.96. The number of ether oxygens (including phenoxy) is 1. The van der Waals surface area contributed by atoms with Gasteiger partial charge in [0.2, 0.25) is 0 Å². The molecule has 0 aromatic heterocycles. The Morgan fingerprint density at radius 2 is 1.26 bits per heavy atom. The van der Waals surface area contributed by atoms with Crippen molar-refractivity contribution in [2.45, 2.75) is 122 Å². The molecule has 4 rings (SSSR count). The Hall–Kier alpha value is -2.59. The highest BCUT2D eigenvalue weighted by molar-refractivity contribution is 5.71. The molecule has 0 aliphatic carbocycles. The van der Waals surface area contributed by atoms with Gasteiger partial charge in [0.25, 0.3) is 0 Å². The van der Waals surface area contributed by atoms with Gasteiger partial charge in [-0.05, 0) is 60.4 Å². The summed E-state index contributed by atoms with van der Waals surface area (Å²) in [5.74, 6) is -1.61. The average molecular weight is 579 g/mol. The van der Waals surface area contributed by atoms with Gasteiger partial charge in [0, 0.05) is 17.0 Å². The molecule has 1 heterocycles. The van der Waals surface area contributed by atoms with Crippen LogP contribution < -0.4 is 0 Å². The highest BCUT2D eigenvalue weighted by Gasteiger charge is 2.23. The highest BCUT2D eigenvalue weighted by atomic mass is 19.2. The largest absolute Gasteiger partial charge is 0.378 e. The molecule has 1 aliphatic rings. The van der Waals surface area contributed by atoms with Crippen LogP contribution in [0.4, 0.5) is 13.2 Å². The molecule has 4 heteroatoms. The molecular formula is C38H49F3O. The third-order valence-electron chi connectivity index (χ3n) is 8.93. The van der Waals surface area contributed by atoms with Gasteiger partial charge in [-0.25, -0.2) is 13.2 Å². The molecule has 0 bridgehead atoms. The molecule has 1 nitrogen and oxygen atoms in total. The van der Waals surface area contributed by atoms with Crippen molar-refractivity contribution in [2.24, 2.45) is 0 Å². The zero-order valence-corrected chi connectivity index (χ0v) is 25.7. The molecule has 0 amide bonds. The molecule has 1 fully saturated rings. The van der Waals surface area contributed by atoms with Crippen LogP contribution in [0.5, 0.6) is 0 Å². The molecule has 0 radical (unpaired) electrons. The van der Waals surface area contributed by atoms with Crippen molar-refractivity contribution in [3.63, 3.8) is 0 Å². The summed E-state index contributed by atoms with van der Waals surface area (Å²) in [6.07, 6.45) is 17.1. The average Bonchev–Trinajstić information content (AvgIpc) is 3.01. The molecule has 0 spiro atoms. The summed E-state index contributed by atoms with van der Waals surface area (Å²) >= 11 is 0. The maximum absolute atomic E-state index is 15.2. The van der Waals surface area contributed by atoms with Crippen LogP contribution in [-0.4, -0.2) is 12.7 Å². The van der Waals surface area contributed by atoms with Gasteiger partial charge in [-0.15, -0.1) is 0 Å². The second-order valence-corrected chi connectivity index (χ2v) is 12.2. The summed E-state index contributed by atoms with van der Waals surface area (Å²) in [5, 5.41) is 0. The number of halogens is 3. The van der Waals surface area contributed by atoms with Crippen LogP contribution in [0.3, 0.4) is 0 Å². The SMILES string of the molecule is CCCCCCCCCCc1ccc(-c2ccc(-c3ccc(C4CCC(CCCCC)OC4)cc3F)cc2)c(F)c1F. The predicted octanol–water partition coefficient (Wildman–Crippen LogP) is 12.0. The zero-order chi connectivity index (χ0) is 29.7. The normalized spacial score (nSPS) is 17.1. The van der Waals surface area contributed by atoms with Crippen molar-refractivity contribution in [2.75, 3.05) is 6.61 Å². The van der Waals surface area contributed by atoms with E-state index in [1.807, 2.05) is 12.1 Å². The van der Waals surface area contributed by atoms with Crippen molar-refractivity contribution in [1.29, 1.82) is 0 Å². The first-order chi connectivity index (χ1) is 20.5. The van der Waals surface area contributed by atoms with Crippen molar-refractivity contribution >= 4 is 0 Å². The first-order valence-electron chi connectivity index (χ1n) is 16.5. The minimum atomic E-state index is -0.808. The molecule has 0 saturated carbocycles. The summed E-state index contributed by atoms with van der Waals surface area (Å²) < 4.78 is 51.3. The fraction of sp³-hybridized carbons (Fsp3) is 0.526. The number of aryl methyl sites for hydroxylation is 1. The Balaban J connectivity index is 1.33. The van der Waals surface area contributed by atoms with Gasteiger partial charge in [0.05, 0.1) is 12.7 Å². The van der Waals surface area contributed by atoms with Crippen molar-refractivity contribution in [3.8, 4) is 22.3 Å². The monoisotopic (exact) mass is 578 g/mol. The van der Waals surface area contributed by atoms with E-state index in [1.54, 1.807) is 42.5 Å². The first-order valence-corrected chi connectivity index (χ1v) is 16.5. The minimum absolute atomic E-state index is 0.217. The fourth-order valence-electron chi connectivity index (χ4n) is 6.22. The van der Waals surface area contributed by atoms with E-state index in [0.717, 1.165) is 44.1 Å². The van der Waals surface area contributed by atoms with E-state index in [4.69, 9.17) is 4.74 Å². The summed E-state index contributed by atoms with van der Waals surface area (Å²) in [6.45, 7) is 5.07. The topological polar surface area (TPSA) is 9.23 Å². The Morgan fingerprint density at radius 1 is 0.643 bits per heavy atom. The molecule has 228 valence electrons. The lowest BCUT2D eigenvalue weighted by Crippen LogP contribution is -2.24. The van der Waals surface area contributed by atoms with E-state index >= 15 is 8.78 Å².